The van der Waals surface area contributed by atoms with E-state index in [-0.39, 0.29) is 12.3 Å². The fourth-order valence-corrected chi connectivity index (χ4v) is 3.25. The van der Waals surface area contributed by atoms with Gasteiger partial charge in [-0.1, -0.05) is 26.0 Å². The maximum Gasteiger partial charge on any atom is 0.407 e. The van der Waals surface area contributed by atoms with E-state index < -0.39 is 21.4 Å². The summed E-state index contributed by atoms with van der Waals surface area (Å²) in [6.07, 6.45) is 0.402. The van der Waals surface area contributed by atoms with Crippen molar-refractivity contribution in [2.75, 3.05) is 12.3 Å². The number of ether oxygens (including phenoxy) is 1. The highest BCUT2D eigenvalue weighted by Crippen LogP contribution is 2.15. The van der Waals surface area contributed by atoms with E-state index in [1.165, 1.54) is 5.56 Å². The molecule has 0 heterocycles. The first-order valence-electron chi connectivity index (χ1n) is 7.82. The van der Waals surface area contributed by atoms with Gasteiger partial charge >= 0.3 is 6.09 Å². The Kier molecular flexibility index (Phi) is 6.62. The summed E-state index contributed by atoms with van der Waals surface area (Å²) in [4.78, 5) is 12.0. The van der Waals surface area contributed by atoms with Crippen molar-refractivity contribution in [3.8, 4) is 0 Å². The molecule has 1 aromatic rings. The van der Waals surface area contributed by atoms with E-state index in [0.717, 1.165) is 6.42 Å². The molecule has 23 heavy (non-hydrogen) atoms. The molecule has 0 aliphatic rings. The van der Waals surface area contributed by atoms with Crippen molar-refractivity contribution in [2.45, 2.75) is 51.5 Å². The molecule has 1 amide bonds. The van der Waals surface area contributed by atoms with Crippen LogP contribution in [0.15, 0.2) is 29.2 Å². The van der Waals surface area contributed by atoms with Gasteiger partial charge in [0.2, 0.25) is 0 Å². The van der Waals surface area contributed by atoms with Gasteiger partial charge in [0.25, 0.3) is 0 Å². The van der Waals surface area contributed by atoms with Crippen LogP contribution < -0.4 is 5.32 Å². The van der Waals surface area contributed by atoms with Crippen molar-refractivity contribution in [3.05, 3.63) is 29.8 Å². The Labute approximate surface area is 139 Å². The highest BCUT2D eigenvalue weighted by molar-refractivity contribution is 7.92. The fraction of sp³-hybridized carbons (Fsp3) is 0.588. The number of hydrogen-bond donors (Lipinski definition) is 2. The second-order valence-electron chi connectivity index (χ2n) is 7.05. The Balaban J connectivity index is 2.57. The lowest BCUT2D eigenvalue weighted by atomic mass is 10.0. The van der Waals surface area contributed by atoms with E-state index in [1.54, 1.807) is 32.9 Å². The highest BCUT2D eigenvalue weighted by atomic mass is 32.2. The van der Waals surface area contributed by atoms with Gasteiger partial charge in [-0.3, -0.25) is 0 Å². The molecule has 6 heteroatoms. The van der Waals surface area contributed by atoms with Gasteiger partial charge in [0, 0.05) is 11.4 Å². The molecule has 2 N–H and O–H groups in total. The zero-order valence-corrected chi connectivity index (χ0v) is 15.5. The third-order valence-corrected chi connectivity index (χ3v) is 4.82. The normalized spacial score (nSPS) is 14.3. The summed E-state index contributed by atoms with van der Waals surface area (Å²) in [5.74, 6) is 0.620. The average molecular weight is 340 g/mol. The van der Waals surface area contributed by atoms with E-state index >= 15 is 0 Å². The maximum absolute atomic E-state index is 12.5. The van der Waals surface area contributed by atoms with E-state index in [9.17, 15) is 9.00 Å². The first kappa shape index (κ1) is 19.5. The second kappa shape index (κ2) is 7.81. The average Bonchev–Trinajstić information content (AvgIpc) is 2.36. The molecule has 0 spiro atoms. The van der Waals surface area contributed by atoms with Gasteiger partial charge in [0.15, 0.2) is 0 Å². The Hall–Kier alpha value is -1.56. The van der Waals surface area contributed by atoms with Crippen LogP contribution in [0.4, 0.5) is 4.79 Å². The molecule has 5 nitrogen and oxygen atoms in total. The molecule has 1 rings (SSSR count). The zero-order valence-electron chi connectivity index (χ0n) is 14.6. The standard InChI is InChI=1S/C17H28N2O3S/c1-13(2)12-14-6-8-15(9-7-14)23(18,21)11-10-19-16(20)22-17(3,4)5/h6-9,13,18H,10-12H2,1-5H3,(H,19,20). The van der Waals surface area contributed by atoms with Crippen LogP contribution in [0.25, 0.3) is 0 Å². The molecule has 130 valence electrons. The zero-order chi connectivity index (χ0) is 17.7. The van der Waals surface area contributed by atoms with Gasteiger partial charge in [-0.25, -0.2) is 13.8 Å². The predicted octanol–water partition coefficient (Wildman–Crippen LogP) is 3.82. The van der Waals surface area contributed by atoms with Crippen LogP contribution >= 0.6 is 0 Å². The van der Waals surface area contributed by atoms with Gasteiger partial charge in [0.1, 0.15) is 5.60 Å². The Morgan fingerprint density at radius 1 is 1.26 bits per heavy atom. The van der Waals surface area contributed by atoms with Crippen LogP contribution in [-0.2, 0) is 20.9 Å². The van der Waals surface area contributed by atoms with Crippen LogP contribution in [0.3, 0.4) is 0 Å². The van der Waals surface area contributed by atoms with Crippen molar-refractivity contribution < 1.29 is 13.7 Å². The van der Waals surface area contributed by atoms with Gasteiger partial charge in [-0.15, -0.1) is 0 Å². The lowest BCUT2D eigenvalue weighted by molar-refractivity contribution is 0.0531. The molecular weight excluding hydrogens is 312 g/mol. The summed E-state index contributed by atoms with van der Waals surface area (Å²) in [5.41, 5.74) is 0.601. The SMILES string of the molecule is CC(C)Cc1ccc(S(=N)(=O)CCNC(=O)OC(C)(C)C)cc1. The van der Waals surface area contributed by atoms with E-state index in [4.69, 9.17) is 9.52 Å². The quantitative estimate of drug-likeness (QED) is 0.826. The van der Waals surface area contributed by atoms with E-state index in [1.807, 2.05) is 12.1 Å². The van der Waals surface area contributed by atoms with Crippen molar-refractivity contribution in [1.29, 1.82) is 4.78 Å². The third-order valence-electron chi connectivity index (χ3n) is 3.01. The minimum atomic E-state index is -2.92. The van der Waals surface area contributed by atoms with Crippen LogP contribution in [0.2, 0.25) is 0 Å². The Morgan fingerprint density at radius 2 is 1.83 bits per heavy atom. The molecule has 1 atom stereocenters. The maximum atomic E-state index is 12.5. The smallest absolute Gasteiger partial charge is 0.407 e. The summed E-state index contributed by atoms with van der Waals surface area (Å²) >= 11 is 0. The molecule has 1 aromatic carbocycles. The summed E-state index contributed by atoms with van der Waals surface area (Å²) in [5, 5.41) is 2.54. The monoisotopic (exact) mass is 340 g/mol. The Morgan fingerprint density at radius 3 is 2.30 bits per heavy atom. The van der Waals surface area contributed by atoms with Crippen LogP contribution in [0.5, 0.6) is 0 Å². The van der Waals surface area contributed by atoms with Crippen LogP contribution in [0, 0.1) is 10.7 Å². The molecule has 0 bridgehead atoms. The van der Waals surface area contributed by atoms with Crippen molar-refractivity contribution in [1.82, 2.24) is 5.32 Å². The molecule has 0 radical (unpaired) electrons. The second-order valence-corrected chi connectivity index (χ2v) is 9.28. The van der Waals surface area contributed by atoms with Crippen LogP contribution in [0.1, 0.15) is 40.2 Å². The van der Waals surface area contributed by atoms with Crippen LogP contribution in [-0.4, -0.2) is 28.2 Å². The van der Waals surface area contributed by atoms with Crippen molar-refractivity contribution in [2.24, 2.45) is 5.92 Å². The number of carbonyl (C=O) groups is 1. The molecule has 0 saturated carbocycles. The number of amides is 1. The molecule has 0 saturated heterocycles. The summed E-state index contributed by atoms with van der Waals surface area (Å²) in [7, 11) is -2.92. The van der Waals surface area contributed by atoms with Crippen molar-refractivity contribution in [3.63, 3.8) is 0 Å². The van der Waals surface area contributed by atoms with E-state index in [0.29, 0.717) is 10.8 Å². The van der Waals surface area contributed by atoms with Gasteiger partial charge in [-0.05, 0) is 50.8 Å². The number of nitrogens with one attached hydrogen (secondary N) is 2. The first-order chi connectivity index (χ1) is 10.5. The molecular formula is C17H28N2O3S. The molecule has 0 fully saturated rings. The molecule has 0 aliphatic heterocycles. The molecule has 1 unspecified atom stereocenters. The largest absolute Gasteiger partial charge is 0.444 e. The number of benzene rings is 1. The lowest BCUT2D eigenvalue weighted by Crippen LogP contribution is -2.34. The van der Waals surface area contributed by atoms with Gasteiger partial charge in [0.05, 0.1) is 15.5 Å². The van der Waals surface area contributed by atoms with E-state index in [2.05, 4.69) is 19.2 Å². The number of carbonyl (C=O) groups excluding carboxylic acids is 1. The topological polar surface area (TPSA) is 79.3 Å². The highest BCUT2D eigenvalue weighted by Gasteiger charge is 2.17. The first-order valence-corrected chi connectivity index (χ1v) is 9.54. The van der Waals surface area contributed by atoms with Gasteiger partial charge < -0.3 is 10.1 Å². The summed E-state index contributed by atoms with van der Waals surface area (Å²) in [6, 6.07) is 7.34. The number of alkyl carbamates (subject to hydrolysis) is 1. The minimum Gasteiger partial charge on any atom is -0.444 e. The number of hydrogen-bond acceptors (Lipinski definition) is 4. The summed E-state index contributed by atoms with van der Waals surface area (Å²) in [6.45, 7) is 9.76. The predicted molar refractivity (Wildman–Crippen MR) is 93.2 cm³/mol. The minimum absolute atomic E-state index is 0.0652. The number of rotatable bonds is 6. The third kappa shape index (κ3) is 7.50. The molecule has 0 aliphatic carbocycles. The lowest BCUT2D eigenvalue weighted by Gasteiger charge is -2.19. The van der Waals surface area contributed by atoms with Crippen molar-refractivity contribution >= 4 is 15.8 Å². The Bertz CT molecular complexity index is 614. The molecule has 0 aromatic heterocycles. The fourth-order valence-electron chi connectivity index (χ4n) is 2.05. The summed E-state index contributed by atoms with van der Waals surface area (Å²) < 4.78 is 25.6. The van der Waals surface area contributed by atoms with Gasteiger partial charge in [-0.2, -0.15) is 0 Å².